The van der Waals surface area contributed by atoms with E-state index in [1.807, 2.05) is 30.3 Å². The number of esters is 1. The Kier molecular flexibility index (Phi) is 8.07. The molecule has 0 aliphatic heterocycles. The summed E-state index contributed by atoms with van der Waals surface area (Å²) in [5.41, 5.74) is 5.05. The molecule has 1 N–H and O–H groups in total. The third-order valence-electron chi connectivity index (χ3n) is 5.14. The fourth-order valence-electron chi connectivity index (χ4n) is 3.22. The average molecular weight is 481 g/mol. The number of nitrogens with zero attached hydrogens (tertiary/aromatic N) is 1. The maximum Gasteiger partial charge on any atom is 0.343 e. The van der Waals surface area contributed by atoms with Gasteiger partial charge in [-0.15, -0.1) is 0 Å². The molecular weight excluding hydrogens is 456 g/mol. The van der Waals surface area contributed by atoms with E-state index in [0.29, 0.717) is 40.5 Å². The van der Waals surface area contributed by atoms with Gasteiger partial charge >= 0.3 is 5.97 Å². The third kappa shape index (κ3) is 6.80. The highest BCUT2D eigenvalue weighted by molar-refractivity contribution is 5.95. The van der Waals surface area contributed by atoms with Gasteiger partial charge in [0.05, 0.1) is 18.9 Å². The number of nitrogens with one attached hydrogen (secondary N) is 1. The summed E-state index contributed by atoms with van der Waals surface area (Å²) >= 11 is 0. The van der Waals surface area contributed by atoms with Crippen LogP contribution in [0.15, 0.2) is 108 Å². The molecule has 7 nitrogen and oxygen atoms in total. The van der Waals surface area contributed by atoms with Crippen LogP contribution in [0.5, 0.6) is 17.2 Å². The summed E-state index contributed by atoms with van der Waals surface area (Å²) < 4.78 is 16.3. The standard InChI is InChI=1S/C29H24N2O5/c1-34-25-14-12-24(13-15-25)29(33)36-27-9-5-8-22(18-27)19-30-31-28(32)23-10-16-26(17-11-23)35-20-21-6-3-2-4-7-21/h2-19H,20H2,1H3,(H,31,32). The van der Waals surface area contributed by atoms with Crippen molar-refractivity contribution in [1.82, 2.24) is 5.43 Å². The Morgan fingerprint density at radius 3 is 2.19 bits per heavy atom. The topological polar surface area (TPSA) is 86.2 Å². The summed E-state index contributed by atoms with van der Waals surface area (Å²) in [7, 11) is 1.56. The van der Waals surface area contributed by atoms with E-state index in [0.717, 1.165) is 5.56 Å². The molecule has 0 aliphatic rings. The minimum atomic E-state index is -0.490. The second-order valence-corrected chi connectivity index (χ2v) is 7.69. The van der Waals surface area contributed by atoms with Crippen molar-refractivity contribution in [2.45, 2.75) is 6.61 Å². The third-order valence-corrected chi connectivity index (χ3v) is 5.14. The lowest BCUT2D eigenvalue weighted by atomic mass is 10.2. The van der Waals surface area contributed by atoms with Gasteiger partial charge < -0.3 is 14.2 Å². The van der Waals surface area contributed by atoms with Crippen molar-refractivity contribution in [3.63, 3.8) is 0 Å². The molecule has 0 saturated carbocycles. The predicted molar refractivity (Wildman–Crippen MR) is 137 cm³/mol. The van der Waals surface area contributed by atoms with Gasteiger partial charge in [0, 0.05) is 5.56 Å². The lowest BCUT2D eigenvalue weighted by Crippen LogP contribution is -2.17. The smallest absolute Gasteiger partial charge is 0.343 e. The van der Waals surface area contributed by atoms with E-state index in [9.17, 15) is 9.59 Å². The van der Waals surface area contributed by atoms with Gasteiger partial charge in [-0.3, -0.25) is 4.79 Å². The number of ether oxygens (including phenoxy) is 3. The summed E-state index contributed by atoms with van der Waals surface area (Å²) in [6, 6.07) is 30.1. The van der Waals surface area contributed by atoms with Crippen molar-refractivity contribution in [3.8, 4) is 17.2 Å². The molecule has 0 spiro atoms. The molecule has 0 heterocycles. The number of rotatable bonds is 9. The SMILES string of the molecule is COc1ccc(C(=O)Oc2cccc(C=NNC(=O)c3ccc(OCc4ccccc4)cc3)c2)cc1. The van der Waals surface area contributed by atoms with Gasteiger partial charge in [0.2, 0.25) is 0 Å². The first-order valence-corrected chi connectivity index (χ1v) is 11.2. The number of carbonyl (C=O) groups is 2. The number of hydrazone groups is 1. The zero-order valence-electron chi connectivity index (χ0n) is 19.6. The highest BCUT2D eigenvalue weighted by Gasteiger charge is 2.09. The Balaban J connectivity index is 1.29. The van der Waals surface area contributed by atoms with Gasteiger partial charge in [0.25, 0.3) is 5.91 Å². The Morgan fingerprint density at radius 1 is 0.778 bits per heavy atom. The zero-order chi connectivity index (χ0) is 25.2. The van der Waals surface area contributed by atoms with Crippen LogP contribution >= 0.6 is 0 Å². The summed E-state index contributed by atoms with van der Waals surface area (Å²) in [4.78, 5) is 24.8. The fraction of sp³-hybridized carbons (Fsp3) is 0.0690. The molecule has 7 heteroatoms. The molecular formula is C29H24N2O5. The molecule has 4 aromatic rings. The van der Waals surface area contributed by atoms with Gasteiger partial charge in [0.1, 0.15) is 23.9 Å². The van der Waals surface area contributed by atoms with Crippen LogP contribution in [0.25, 0.3) is 0 Å². The predicted octanol–water partition coefficient (Wildman–Crippen LogP) is 5.26. The monoisotopic (exact) mass is 480 g/mol. The van der Waals surface area contributed by atoms with E-state index < -0.39 is 5.97 Å². The molecule has 0 aliphatic carbocycles. The van der Waals surface area contributed by atoms with Crippen LogP contribution in [0.3, 0.4) is 0 Å². The first-order valence-electron chi connectivity index (χ1n) is 11.2. The van der Waals surface area contributed by atoms with Gasteiger partial charge in [-0.2, -0.15) is 5.10 Å². The first kappa shape index (κ1) is 24.2. The van der Waals surface area contributed by atoms with Gasteiger partial charge in [-0.1, -0.05) is 42.5 Å². The van der Waals surface area contributed by atoms with Crippen molar-refractivity contribution in [1.29, 1.82) is 0 Å². The van der Waals surface area contributed by atoms with E-state index in [4.69, 9.17) is 14.2 Å². The van der Waals surface area contributed by atoms with Gasteiger partial charge in [-0.05, 0) is 71.8 Å². The number of hydrogen-bond donors (Lipinski definition) is 1. The Hall–Kier alpha value is -4.91. The van der Waals surface area contributed by atoms with E-state index in [1.54, 1.807) is 79.9 Å². The van der Waals surface area contributed by atoms with Crippen LogP contribution in [0.4, 0.5) is 0 Å². The van der Waals surface area contributed by atoms with E-state index >= 15 is 0 Å². The number of methoxy groups -OCH3 is 1. The van der Waals surface area contributed by atoms with E-state index in [-0.39, 0.29) is 5.91 Å². The first-order chi connectivity index (χ1) is 17.6. The summed E-state index contributed by atoms with van der Waals surface area (Å²) in [6.07, 6.45) is 1.47. The quantitative estimate of drug-likeness (QED) is 0.153. The Labute approximate surface area is 209 Å². The largest absolute Gasteiger partial charge is 0.497 e. The lowest BCUT2D eigenvalue weighted by Gasteiger charge is -2.07. The molecule has 0 bridgehead atoms. The van der Waals surface area contributed by atoms with Crippen molar-refractivity contribution >= 4 is 18.1 Å². The highest BCUT2D eigenvalue weighted by Crippen LogP contribution is 2.17. The number of amides is 1. The van der Waals surface area contributed by atoms with E-state index in [2.05, 4.69) is 10.5 Å². The van der Waals surface area contributed by atoms with Crippen LogP contribution in [-0.4, -0.2) is 25.2 Å². The maximum absolute atomic E-state index is 12.4. The molecule has 0 aromatic heterocycles. The molecule has 4 aromatic carbocycles. The van der Waals surface area contributed by atoms with Crippen LogP contribution in [0.1, 0.15) is 31.8 Å². The highest BCUT2D eigenvalue weighted by atomic mass is 16.5. The fourth-order valence-corrected chi connectivity index (χ4v) is 3.22. The number of carbonyl (C=O) groups excluding carboxylic acids is 2. The van der Waals surface area contributed by atoms with Gasteiger partial charge in [-0.25, -0.2) is 10.2 Å². The van der Waals surface area contributed by atoms with Crippen molar-refractivity contribution in [2.75, 3.05) is 7.11 Å². The summed E-state index contributed by atoms with van der Waals surface area (Å²) in [5.74, 6) is 0.829. The molecule has 180 valence electrons. The summed E-state index contributed by atoms with van der Waals surface area (Å²) in [5, 5.41) is 4.00. The Morgan fingerprint density at radius 2 is 1.47 bits per heavy atom. The van der Waals surface area contributed by atoms with Crippen LogP contribution in [-0.2, 0) is 6.61 Å². The maximum atomic E-state index is 12.4. The van der Waals surface area contributed by atoms with Gasteiger partial charge in [0.15, 0.2) is 0 Å². The van der Waals surface area contributed by atoms with Crippen LogP contribution in [0, 0.1) is 0 Å². The molecule has 0 atom stereocenters. The number of benzene rings is 4. The minimum absolute atomic E-state index is 0.358. The normalized spacial score (nSPS) is 10.6. The van der Waals surface area contributed by atoms with Crippen LogP contribution < -0.4 is 19.6 Å². The molecule has 4 rings (SSSR count). The minimum Gasteiger partial charge on any atom is -0.497 e. The Bertz CT molecular complexity index is 1330. The lowest BCUT2D eigenvalue weighted by molar-refractivity contribution is 0.0734. The van der Waals surface area contributed by atoms with Crippen molar-refractivity contribution in [2.24, 2.45) is 5.10 Å². The molecule has 0 fully saturated rings. The molecule has 1 amide bonds. The molecule has 0 radical (unpaired) electrons. The second-order valence-electron chi connectivity index (χ2n) is 7.69. The average Bonchev–Trinajstić information content (AvgIpc) is 2.93. The zero-order valence-corrected chi connectivity index (χ0v) is 19.6. The molecule has 0 unspecified atom stereocenters. The molecule has 0 saturated heterocycles. The van der Waals surface area contributed by atoms with Crippen LogP contribution in [0.2, 0.25) is 0 Å². The second kappa shape index (κ2) is 12.0. The van der Waals surface area contributed by atoms with Crippen molar-refractivity contribution < 1.29 is 23.8 Å². The van der Waals surface area contributed by atoms with E-state index in [1.165, 1.54) is 6.21 Å². The summed E-state index contributed by atoms with van der Waals surface area (Å²) in [6.45, 7) is 0.450. The van der Waals surface area contributed by atoms with Crippen molar-refractivity contribution in [3.05, 3.63) is 125 Å². The number of hydrogen-bond acceptors (Lipinski definition) is 6. The molecule has 36 heavy (non-hydrogen) atoms.